The maximum Gasteiger partial charge on any atom is 0.325 e. The van der Waals surface area contributed by atoms with Crippen molar-refractivity contribution < 1.29 is 9.90 Å². The molecule has 0 fully saturated rings. The Kier molecular flexibility index (Phi) is 4.49. The summed E-state index contributed by atoms with van der Waals surface area (Å²) in [5.41, 5.74) is 1.35. The maximum absolute atomic E-state index is 11.7. The number of nitrogens with one attached hydrogen (secondary N) is 1. The number of nitrogens with zero attached hydrogens (tertiary/aromatic N) is 2. The van der Waals surface area contributed by atoms with Crippen molar-refractivity contribution in [1.29, 1.82) is 0 Å². The molecule has 0 saturated heterocycles. The van der Waals surface area contributed by atoms with Crippen LogP contribution in [0.4, 0.5) is 0 Å². The van der Waals surface area contributed by atoms with E-state index in [2.05, 4.69) is 10.4 Å². The van der Waals surface area contributed by atoms with Crippen LogP contribution < -0.4 is 5.32 Å². The predicted octanol–water partition coefficient (Wildman–Crippen LogP) is 2.69. The summed E-state index contributed by atoms with van der Waals surface area (Å²) in [7, 11) is 1.82. The van der Waals surface area contributed by atoms with E-state index in [1.807, 2.05) is 45.3 Å². The molecule has 2 heterocycles. The molecule has 0 radical (unpaired) electrons. The number of thiophene rings is 1. The summed E-state index contributed by atoms with van der Waals surface area (Å²) in [5, 5.41) is 19.1. The number of hydrogen-bond donors (Lipinski definition) is 2. The van der Waals surface area contributed by atoms with Gasteiger partial charge in [0.1, 0.15) is 6.04 Å². The molecule has 0 aliphatic heterocycles. The van der Waals surface area contributed by atoms with Crippen molar-refractivity contribution in [2.24, 2.45) is 7.05 Å². The molecular weight excluding hydrogens is 286 g/mol. The zero-order valence-electron chi connectivity index (χ0n) is 12.8. The van der Waals surface area contributed by atoms with Crippen molar-refractivity contribution >= 4 is 17.3 Å². The van der Waals surface area contributed by atoms with Gasteiger partial charge in [0, 0.05) is 35.6 Å². The van der Waals surface area contributed by atoms with Gasteiger partial charge in [-0.1, -0.05) is 26.8 Å². The molecule has 0 aliphatic rings. The van der Waals surface area contributed by atoms with Crippen molar-refractivity contribution in [2.75, 3.05) is 0 Å². The molecule has 6 heteroatoms. The molecule has 0 aliphatic carbocycles. The second kappa shape index (κ2) is 5.99. The van der Waals surface area contributed by atoms with E-state index >= 15 is 0 Å². The van der Waals surface area contributed by atoms with Gasteiger partial charge in [0.15, 0.2) is 0 Å². The highest BCUT2D eigenvalue weighted by molar-refractivity contribution is 7.09. The Bertz CT molecular complexity index is 611. The number of hydrogen-bond acceptors (Lipinski definition) is 4. The Morgan fingerprint density at radius 3 is 2.76 bits per heavy atom. The average molecular weight is 307 g/mol. The molecule has 21 heavy (non-hydrogen) atoms. The van der Waals surface area contributed by atoms with Crippen molar-refractivity contribution in [3.05, 3.63) is 39.8 Å². The second-order valence-electron chi connectivity index (χ2n) is 6.09. The summed E-state index contributed by atoms with van der Waals surface area (Å²) < 4.78 is 1.68. The number of carbonyl (C=O) groups is 1. The lowest BCUT2D eigenvalue weighted by molar-refractivity contribution is -0.139. The summed E-state index contributed by atoms with van der Waals surface area (Å²) in [4.78, 5) is 12.8. The van der Waals surface area contributed by atoms with Crippen LogP contribution in [0.15, 0.2) is 23.7 Å². The van der Waals surface area contributed by atoms with E-state index in [0.717, 1.165) is 16.1 Å². The summed E-state index contributed by atoms with van der Waals surface area (Å²) in [6.45, 7) is 6.65. The minimum atomic E-state index is -0.884. The molecule has 1 unspecified atom stereocenters. The minimum Gasteiger partial charge on any atom is -0.480 e. The molecule has 0 aromatic carbocycles. The standard InChI is InChI=1S/C15H21N3O2S/c1-15(2,3)13-11(9-18(4)17-13)12(14(19)20)16-8-10-6-5-7-21-10/h5-7,9,12,16H,8H2,1-4H3,(H,19,20). The SMILES string of the molecule is Cn1cc(C(NCc2cccs2)C(=O)O)c(C(C)(C)C)n1. The Hall–Kier alpha value is -1.66. The third-order valence-electron chi connectivity index (χ3n) is 3.19. The van der Waals surface area contributed by atoms with Gasteiger partial charge in [-0.3, -0.25) is 14.8 Å². The van der Waals surface area contributed by atoms with Gasteiger partial charge in [0.05, 0.1) is 5.69 Å². The molecule has 114 valence electrons. The summed E-state index contributed by atoms with van der Waals surface area (Å²) in [6.07, 6.45) is 1.79. The lowest BCUT2D eigenvalue weighted by Crippen LogP contribution is -2.30. The van der Waals surface area contributed by atoms with Crippen LogP contribution in [-0.4, -0.2) is 20.9 Å². The molecule has 2 aromatic heterocycles. The molecule has 0 bridgehead atoms. The highest BCUT2D eigenvalue weighted by atomic mass is 32.1. The predicted molar refractivity (Wildman–Crippen MR) is 83.4 cm³/mol. The molecule has 0 saturated carbocycles. The Labute approximate surface area is 128 Å². The van der Waals surface area contributed by atoms with E-state index in [1.54, 1.807) is 22.2 Å². The van der Waals surface area contributed by atoms with Crippen LogP contribution in [0.5, 0.6) is 0 Å². The molecule has 2 rings (SSSR count). The topological polar surface area (TPSA) is 67.2 Å². The third-order valence-corrected chi connectivity index (χ3v) is 4.06. The van der Waals surface area contributed by atoms with Gasteiger partial charge in [-0.15, -0.1) is 11.3 Å². The number of aryl methyl sites for hydroxylation is 1. The maximum atomic E-state index is 11.7. The molecule has 5 nitrogen and oxygen atoms in total. The lowest BCUT2D eigenvalue weighted by atomic mass is 9.87. The molecule has 0 spiro atoms. The molecule has 2 aromatic rings. The molecule has 0 amide bonds. The van der Waals surface area contributed by atoms with Crippen LogP contribution in [-0.2, 0) is 23.8 Å². The lowest BCUT2D eigenvalue weighted by Gasteiger charge is -2.21. The first-order chi connectivity index (χ1) is 9.79. The van der Waals surface area contributed by atoms with Gasteiger partial charge in [-0.05, 0) is 11.4 Å². The highest BCUT2D eigenvalue weighted by Crippen LogP contribution is 2.29. The fourth-order valence-corrected chi connectivity index (χ4v) is 2.90. The molecule has 1 atom stereocenters. The van der Waals surface area contributed by atoms with Gasteiger partial charge in [0.2, 0.25) is 0 Å². The van der Waals surface area contributed by atoms with Gasteiger partial charge >= 0.3 is 5.97 Å². The third kappa shape index (κ3) is 3.71. The smallest absolute Gasteiger partial charge is 0.325 e. The quantitative estimate of drug-likeness (QED) is 0.891. The van der Waals surface area contributed by atoms with Gasteiger partial charge < -0.3 is 5.11 Å². The normalized spacial score (nSPS) is 13.3. The van der Waals surface area contributed by atoms with E-state index in [1.165, 1.54) is 0 Å². The van der Waals surface area contributed by atoms with Crippen LogP contribution in [0.25, 0.3) is 0 Å². The van der Waals surface area contributed by atoms with Crippen LogP contribution in [0.3, 0.4) is 0 Å². The van der Waals surface area contributed by atoms with Crippen LogP contribution in [0.1, 0.15) is 42.9 Å². The zero-order valence-corrected chi connectivity index (χ0v) is 13.6. The van der Waals surface area contributed by atoms with E-state index in [4.69, 9.17) is 0 Å². The first-order valence-electron chi connectivity index (χ1n) is 6.81. The minimum absolute atomic E-state index is 0.199. The Morgan fingerprint density at radius 2 is 2.24 bits per heavy atom. The Morgan fingerprint density at radius 1 is 1.52 bits per heavy atom. The summed E-state index contributed by atoms with van der Waals surface area (Å²) in [5.74, 6) is -0.884. The van der Waals surface area contributed by atoms with E-state index in [9.17, 15) is 9.90 Å². The number of carboxylic acid groups (broad SMARTS) is 1. The second-order valence-corrected chi connectivity index (χ2v) is 7.12. The van der Waals surface area contributed by atoms with Gasteiger partial charge in [-0.25, -0.2) is 0 Å². The van der Waals surface area contributed by atoms with Crippen LogP contribution >= 0.6 is 11.3 Å². The van der Waals surface area contributed by atoms with Crippen molar-refractivity contribution in [3.8, 4) is 0 Å². The van der Waals surface area contributed by atoms with E-state index < -0.39 is 12.0 Å². The largest absolute Gasteiger partial charge is 0.480 e. The van der Waals surface area contributed by atoms with Crippen molar-refractivity contribution in [1.82, 2.24) is 15.1 Å². The summed E-state index contributed by atoms with van der Waals surface area (Å²) >= 11 is 1.61. The first kappa shape index (κ1) is 15.7. The van der Waals surface area contributed by atoms with Crippen molar-refractivity contribution in [3.63, 3.8) is 0 Å². The highest BCUT2D eigenvalue weighted by Gasteiger charge is 2.30. The fraction of sp³-hybridized carbons (Fsp3) is 0.467. The fourth-order valence-electron chi connectivity index (χ4n) is 2.25. The number of aliphatic carboxylic acids is 1. The first-order valence-corrected chi connectivity index (χ1v) is 7.69. The van der Waals surface area contributed by atoms with E-state index in [0.29, 0.717) is 6.54 Å². The number of aromatic nitrogens is 2. The monoisotopic (exact) mass is 307 g/mol. The molecular formula is C15H21N3O2S. The number of carboxylic acids is 1. The number of rotatable bonds is 5. The van der Waals surface area contributed by atoms with Gasteiger partial charge in [0.25, 0.3) is 0 Å². The zero-order chi connectivity index (χ0) is 15.6. The summed E-state index contributed by atoms with van der Waals surface area (Å²) in [6, 6.07) is 3.20. The van der Waals surface area contributed by atoms with Gasteiger partial charge in [-0.2, -0.15) is 5.10 Å². The van der Waals surface area contributed by atoms with Crippen LogP contribution in [0.2, 0.25) is 0 Å². The van der Waals surface area contributed by atoms with E-state index in [-0.39, 0.29) is 5.41 Å². The average Bonchev–Trinajstić information content (AvgIpc) is 2.98. The van der Waals surface area contributed by atoms with Crippen LogP contribution in [0, 0.1) is 0 Å². The molecule has 2 N–H and O–H groups in total. The Balaban J connectivity index is 2.28. The van der Waals surface area contributed by atoms with Crippen molar-refractivity contribution in [2.45, 2.75) is 38.8 Å².